The van der Waals surface area contributed by atoms with E-state index < -0.39 is 0 Å². The highest BCUT2D eigenvalue weighted by molar-refractivity contribution is 5.82. The minimum atomic E-state index is 0.187. The number of phenols is 1. The van der Waals surface area contributed by atoms with Crippen molar-refractivity contribution in [2.24, 2.45) is 0 Å². The van der Waals surface area contributed by atoms with Gasteiger partial charge in [-0.25, -0.2) is 0 Å². The molecule has 124 valence electrons. The fraction of sp³-hybridized carbons (Fsp3) is 0.176. The van der Waals surface area contributed by atoms with E-state index in [0.29, 0.717) is 34.2 Å². The Balaban J connectivity index is 2.16. The first kappa shape index (κ1) is 15.7. The molecule has 7 heteroatoms. The van der Waals surface area contributed by atoms with Gasteiger partial charge < -0.3 is 19.3 Å². The molecule has 0 bridgehead atoms. The normalized spacial score (nSPS) is 10.5. The van der Waals surface area contributed by atoms with Gasteiger partial charge in [0.2, 0.25) is 0 Å². The zero-order valence-corrected chi connectivity index (χ0v) is 13.5. The summed E-state index contributed by atoms with van der Waals surface area (Å²) < 4.78 is 16.1. The van der Waals surface area contributed by atoms with Crippen LogP contribution in [-0.4, -0.2) is 41.8 Å². The van der Waals surface area contributed by atoms with Gasteiger partial charge in [0.25, 0.3) is 0 Å². The summed E-state index contributed by atoms with van der Waals surface area (Å²) in [7, 11) is 4.71. The van der Waals surface area contributed by atoms with Crippen LogP contribution in [0.5, 0.6) is 23.0 Å². The number of methoxy groups -OCH3 is 3. The van der Waals surface area contributed by atoms with Crippen LogP contribution in [0.25, 0.3) is 22.5 Å². The number of nitrogens with one attached hydrogen (secondary N) is 1. The van der Waals surface area contributed by atoms with Crippen molar-refractivity contribution in [1.82, 2.24) is 15.4 Å². The van der Waals surface area contributed by atoms with Gasteiger partial charge in [-0.3, -0.25) is 0 Å². The summed E-state index contributed by atoms with van der Waals surface area (Å²) in [5.74, 6) is 1.90. The number of phenolic OH excluding ortho intramolecular Hbond substituents is 1. The van der Waals surface area contributed by atoms with Crippen molar-refractivity contribution < 1.29 is 19.3 Å². The molecule has 0 atom stereocenters. The van der Waals surface area contributed by atoms with Crippen LogP contribution in [0.3, 0.4) is 0 Å². The van der Waals surface area contributed by atoms with Crippen LogP contribution in [0, 0.1) is 0 Å². The first-order valence-corrected chi connectivity index (χ1v) is 7.18. The van der Waals surface area contributed by atoms with Crippen molar-refractivity contribution in [3.8, 4) is 45.5 Å². The molecule has 3 rings (SSSR count). The van der Waals surface area contributed by atoms with Crippen LogP contribution >= 0.6 is 0 Å². The first-order chi connectivity index (χ1) is 11.7. The predicted octanol–water partition coefficient (Wildman–Crippen LogP) is 2.87. The molecule has 0 saturated heterocycles. The number of ether oxygens (including phenoxy) is 3. The second kappa shape index (κ2) is 6.49. The minimum Gasteiger partial charge on any atom is -0.508 e. The van der Waals surface area contributed by atoms with Gasteiger partial charge in [-0.05, 0) is 30.3 Å². The molecule has 1 heterocycles. The number of aromatic hydroxyl groups is 1. The molecule has 1 aromatic heterocycles. The van der Waals surface area contributed by atoms with E-state index in [1.807, 2.05) is 0 Å². The van der Waals surface area contributed by atoms with Crippen LogP contribution in [0.2, 0.25) is 0 Å². The molecule has 0 aliphatic rings. The Morgan fingerprint density at radius 2 is 1.38 bits per heavy atom. The minimum absolute atomic E-state index is 0.187. The van der Waals surface area contributed by atoms with E-state index in [1.54, 1.807) is 57.7 Å². The van der Waals surface area contributed by atoms with Crippen LogP contribution in [0.15, 0.2) is 36.4 Å². The van der Waals surface area contributed by atoms with Crippen LogP contribution in [0.4, 0.5) is 0 Å². The van der Waals surface area contributed by atoms with Crippen molar-refractivity contribution in [1.29, 1.82) is 0 Å². The Morgan fingerprint density at radius 1 is 0.792 bits per heavy atom. The van der Waals surface area contributed by atoms with E-state index in [9.17, 15) is 5.11 Å². The second-order valence-corrected chi connectivity index (χ2v) is 4.98. The predicted molar refractivity (Wildman–Crippen MR) is 88.6 cm³/mol. The number of benzene rings is 2. The number of aromatic nitrogens is 3. The van der Waals surface area contributed by atoms with Crippen LogP contribution < -0.4 is 14.2 Å². The number of aromatic amines is 1. The number of nitrogens with zero attached hydrogens (tertiary/aromatic N) is 2. The molecule has 0 unspecified atom stereocenters. The molecule has 0 fully saturated rings. The molecule has 2 N–H and O–H groups in total. The summed E-state index contributed by atoms with van der Waals surface area (Å²) in [5.41, 5.74) is 2.78. The average Bonchev–Trinajstić information content (AvgIpc) is 3.10. The average molecular weight is 327 g/mol. The number of hydrogen-bond donors (Lipinski definition) is 2. The highest BCUT2D eigenvalue weighted by Gasteiger charge is 2.20. The van der Waals surface area contributed by atoms with Crippen molar-refractivity contribution >= 4 is 0 Å². The zero-order chi connectivity index (χ0) is 17.1. The van der Waals surface area contributed by atoms with E-state index in [1.165, 1.54) is 0 Å². The molecular weight excluding hydrogens is 310 g/mol. The summed E-state index contributed by atoms with van der Waals surface area (Å²) in [4.78, 5) is 0. The van der Waals surface area contributed by atoms with Crippen molar-refractivity contribution in [3.63, 3.8) is 0 Å². The van der Waals surface area contributed by atoms with E-state index in [-0.39, 0.29) is 5.75 Å². The maximum Gasteiger partial charge on any atom is 0.164 e. The molecule has 0 radical (unpaired) electrons. The van der Waals surface area contributed by atoms with Crippen LogP contribution in [-0.2, 0) is 0 Å². The van der Waals surface area contributed by atoms with Gasteiger partial charge in [0.1, 0.15) is 22.9 Å². The lowest BCUT2D eigenvalue weighted by molar-refractivity contribution is 0.349. The van der Waals surface area contributed by atoms with Gasteiger partial charge in [-0.15, -0.1) is 0 Å². The first-order valence-electron chi connectivity index (χ1n) is 7.18. The number of H-pyrrole nitrogens is 1. The van der Waals surface area contributed by atoms with E-state index in [0.717, 1.165) is 5.56 Å². The van der Waals surface area contributed by atoms with Crippen LogP contribution in [0.1, 0.15) is 0 Å². The van der Waals surface area contributed by atoms with Gasteiger partial charge in [-0.1, -0.05) is 0 Å². The zero-order valence-electron chi connectivity index (χ0n) is 13.5. The van der Waals surface area contributed by atoms with Crippen molar-refractivity contribution in [2.45, 2.75) is 0 Å². The van der Waals surface area contributed by atoms with Crippen molar-refractivity contribution in [2.75, 3.05) is 21.3 Å². The second-order valence-electron chi connectivity index (χ2n) is 4.98. The topological polar surface area (TPSA) is 89.5 Å². The molecule has 3 aromatic rings. The fourth-order valence-electron chi connectivity index (χ4n) is 2.45. The maximum absolute atomic E-state index is 9.45. The molecule has 24 heavy (non-hydrogen) atoms. The number of hydrogen-bond acceptors (Lipinski definition) is 6. The Labute approximate surface area is 138 Å². The standard InChI is InChI=1S/C17H17N3O4/c1-22-13-9-15(24-3)14(23-2)8-12(13)17-16(18-20-19-17)10-4-6-11(21)7-5-10/h4-9,21H,1-3H3,(H,18,19,20). The molecule has 0 amide bonds. The molecule has 0 spiro atoms. The summed E-state index contributed by atoms with van der Waals surface area (Å²) in [6, 6.07) is 10.3. The quantitative estimate of drug-likeness (QED) is 0.749. The summed E-state index contributed by atoms with van der Waals surface area (Å²) >= 11 is 0. The summed E-state index contributed by atoms with van der Waals surface area (Å²) in [6.07, 6.45) is 0. The number of rotatable bonds is 5. The Morgan fingerprint density at radius 3 is 2.00 bits per heavy atom. The monoisotopic (exact) mass is 327 g/mol. The van der Waals surface area contributed by atoms with E-state index in [2.05, 4.69) is 15.4 Å². The third-order valence-corrected chi connectivity index (χ3v) is 3.65. The van der Waals surface area contributed by atoms with Gasteiger partial charge in [0.15, 0.2) is 11.5 Å². The van der Waals surface area contributed by atoms with Gasteiger partial charge in [-0.2, -0.15) is 15.4 Å². The Kier molecular flexibility index (Phi) is 4.24. The Bertz CT molecular complexity index is 844. The third kappa shape index (κ3) is 2.71. The molecular formula is C17H17N3O4. The third-order valence-electron chi connectivity index (χ3n) is 3.65. The summed E-state index contributed by atoms with van der Waals surface area (Å²) in [5, 5.41) is 20.6. The van der Waals surface area contributed by atoms with E-state index in [4.69, 9.17) is 14.2 Å². The van der Waals surface area contributed by atoms with Gasteiger partial charge in [0, 0.05) is 11.6 Å². The molecule has 0 aliphatic heterocycles. The lowest BCUT2D eigenvalue weighted by Gasteiger charge is -2.13. The molecule has 2 aromatic carbocycles. The highest BCUT2D eigenvalue weighted by atomic mass is 16.5. The maximum atomic E-state index is 9.45. The lowest BCUT2D eigenvalue weighted by atomic mass is 10.0. The SMILES string of the molecule is COc1cc(OC)c(-c2n[nH]nc2-c2ccc(O)cc2)cc1OC. The van der Waals surface area contributed by atoms with Gasteiger partial charge in [0.05, 0.1) is 26.9 Å². The Hall–Kier alpha value is -3.22. The molecule has 7 nitrogen and oxygen atoms in total. The van der Waals surface area contributed by atoms with Gasteiger partial charge >= 0.3 is 0 Å². The smallest absolute Gasteiger partial charge is 0.164 e. The van der Waals surface area contributed by atoms with E-state index >= 15 is 0 Å². The largest absolute Gasteiger partial charge is 0.508 e. The fourth-order valence-corrected chi connectivity index (χ4v) is 2.45. The van der Waals surface area contributed by atoms with Crippen molar-refractivity contribution in [3.05, 3.63) is 36.4 Å². The summed E-state index contributed by atoms with van der Waals surface area (Å²) in [6.45, 7) is 0. The molecule has 0 aliphatic carbocycles. The molecule has 0 saturated carbocycles. The lowest BCUT2D eigenvalue weighted by Crippen LogP contribution is -1.96. The highest BCUT2D eigenvalue weighted by Crippen LogP contribution is 2.41.